The second-order valence-electron chi connectivity index (χ2n) is 7.19. The zero-order chi connectivity index (χ0) is 21.0. The quantitative estimate of drug-likeness (QED) is 0.634. The average molecular weight is 415 g/mol. The Bertz CT molecular complexity index is 888. The van der Waals surface area contributed by atoms with Crippen LogP contribution in [0, 0.1) is 0 Å². The number of hydrogen-bond acceptors (Lipinski definition) is 6. The molecule has 0 radical (unpaired) electrons. The molecule has 0 fully saturated rings. The summed E-state index contributed by atoms with van der Waals surface area (Å²) in [7, 11) is 3.83. The van der Waals surface area contributed by atoms with Crippen molar-refractivity contribution in [2.24, 2.45) is 0 Å². The molecule has 1 aromatic heterocycles. The van der Waals surface area contributed by atoms with Crippen molar-refractivity contribution >= 4 is 23.0 Å². The molecule has 1 atom stereocenters. The van der Waals surface area contributed by atoms with E-state index in [1.54, 1.807) is 22.4 Å². The maximum absolute atomic E-state index is 13.1. The number of carbonyl (C=O) groups is 2. The van der Waals surface area contributed by atoms with Crippen LogP contribution in [-0.2, 0) is 4.79 Å². The molecule has 0 saturated carbocycles. The Morgan fingerprint density at radius 3 is 2.55 bits per heavy atom. The largest absolute Gasteiger partial charge is 0.503 e. The number of nitrogens with zero attached hydrogens (tertiary/aromatic N) is 2. The summed E-state index contributed by atoms with van der Waals surface area (Å²) >= 11 is 1.30. The first-order chi connectivity index (χ1) is 13.9. The molecule has 1 N–H and O–H groups in total. The van der Waals surface area contributed by atoms with E-state index >= 15 is 0 Å². The first-order valence-electron chi connectivity index (χ1n) is 9.63. The minimum Gasteiger partial charge on any atom is -0.503 e. The van der Waals surface area contributed by atoms with Gasteiger partial charge in [0, 0.05) is 13.1 Å². The van der Waals surface area contributed by atoms with Gasteiger partial charge in [0.25, 0.3) is 5.91 Å². The summed E-state index contributed by atoms with van der Waals surface area (Å²) in [5.41, 5.74) is 0.906. The molecule has 1 unspecified atom stereocenters. The minimum atomic E-state index is -0.628. The molecule has 2 aromatic rings. The Labute approximate surface area is 175 Å². The van der Waals surface area contributed by atoms with Gasteiger partial charge in [-0.2, -0.15) is 0 Å². The van der Waals surface area contributed by atoms with Gasteiger partial charge in [-0.15, -0.1) is 11.3 Å². The van der Waals surface area contributed by atoms with Crippen LogP contribution in [0.3, 0.4) is 0 Å². The first-order valence-corrected chi connectivity index (χ1v) is 10.5. The van der Waals surface area contributed by atoms with Gasteiger partial charge in [-0.1, -0.05) is 25.1 Å². The van der Waals surface area contributed by atoms with Gasteiger partial charge in [0.1, 0.15) is 5.75 Å². The first kappa shape index (κ1) is 21.1. The van der Waals surface area contributed by atoms with Crippen LogP contribution in [0.2, 0.25) is 0 Å². The summed E-state index contributed by atoms with van der Waals surface area (Å²) in [5.74, 6) is -0.546. The van der Waals surface area contributed by atoms with E-state index in [0.717, 1.165) is 17.7 Å². The second-order valence-corrected chi connectivity index (χ2v) is 8.14. The smallest absolute Gasteiger partial charge is 0.290 e. The van der Waals surface area contributed by atoms with E-state index in [2.05, 4.69) is 0 Å². The van der Waals surface area contributed by atoms with Crippen molar-refractivity contribution in [1.29, 1.82) is 0 Å². The Morgan fingerprint density at radius 2 is 1.97 bits per heavy atom. The highest BCUT2D eigenvalue weighted by Crippen LogP contribution is 2.39. The van der Waals surface area contributed by atoms with Gasteiger partial charge >= 0.3 is 0 Å². The normalized spacial score (nSPS) is 16.8. The number of aliphatic hydroxyl groups is 1. The summed E-state index contributed by atoms with van der Waals surface area (Å²) in [6, 6.07) is 10.2. The van der Waals surface area contributed by atoms with Gasteiger partial charge in [-0.3, -0.25) is 9.59 Å². The highest BCUT2D eigenvalue weighted by atomic mass is 32.1. The van der Waals surface area contributed by atoms with E-state index in [1.807, 2.05) is 50.2 Å². The molecule has 29 heavy (non-hydrogen) atoms. The molecule has 1 amide bonds. The van der Waals surface area contributed by atoms with Crippen LogP contribution in [0.5, 0.6) is 5.75 Å². The Morgan fingerprint density at radius 1 is 1.24 bits per heavy atom. The molecule has 154 valence electrons. The van der Waals surface area contributed by atoms with Gasteiger partial charge in [-0.05, 0) is 49.7 Å². The lowest BCUT2D eigenvalue weighted by Crippen LogP contribution is -2.36. The SMILES string of the molecule is CCCOc1ccc(C2C(C(=O)c3cccs3)=C(O)C(=O)N2CCN(C)C)cc1. The Kier molecular flexibility index (Phi) is 6.71. The van der Waals surface area contributed by atoms with Gasteiger partial charge in [0.2, 0.25) is 5.78 Å². The fourth-order valence-corrected chi connectivity index (χ4v) is 3.96. The fraction of sp³-hybridized carbons (Fsp3) is 0.364. The van der Waals surface area contributed by atoms with E-state index in [1.165, 1.54) is 11.3 Å². The summed E-state index contributed by atoms with van der Waals surface area (Å²) in [4.78, 5) is 30.0. The van der Waals surface area contributed by atoms with Crippen LogP contribution in [0.4, 0.5) is 0 Å². The summed E-state index contributed by atoms with van der Waals surface area (Å²) < 4.78 is 5.64. The zero-order valence-corrected chi connectivity index (χ0v) is 17.7. The topological polar surface area (TPSA) is 70.1 Å². The number of hydrogen-bond donors (Lipinski definition) is 1. The molecule has 0 aliphatic carbocycles. The molecule has 1 aromatic carbocycles. The van der Waals surface area contributed by atoms with Crippen LogP contribution in [0.1, 0.15) is 34.6 Å². The maximum Gasteiger partial charge on any atom is 0.290 e. The second kappa shape index (κ2) is 9.24. The van der Waals surface area contributed by atoms with Crippen LogP contribution in [0.15, 0.2) is 53.1 Å². The molecular formula is C22H26N2O4S. The highest BCUT2D eigenvalue weighted by molar-refractivity contribution is 7.12. The zero-order valence-electron chi connectivity index (χ0n) is 16.9. The van der Waals surface area contributed by atoms with Crippen LogP contribution >= 0.6 is 11.3 Å². The number of ketones is 1. The standard InChI is InChI=1S/C22H26N2O4S/c1-4-13-28-16-9-7-15(8-10-16)19-18(20(25)17-6-5-14-29-17)21(26)22(27)24(19)12-11-23(2)3/h5-10,14,19,26H,4,11-13H2,1-3H3. The molecule has 2 heterocycles. The molecule has 1 aliphatic heterocycles. The van der Waals surface area contributed by atoms with E-state index < -0.39 is 17.7 Å². The number of amides is 1. The molecular weight excluding hydrogens is 388 g/mol. The maximum atomic E-state index is 13.1. The van der Waals surface area contributed by atoms with Crippen molar-refractivity contribution in [1.82, 2.24) is 9.80 Å². The third-order valence-corrected chi connectivity index (χ3v) is 5.62. The molecule has 0 bridgehead atoms. The summed E-state index contributed by atoms with van der Waals surface area (Å²) in [5, 5.41) is 12.4. The van der Waals surface area contributed by atoms with Gasteiger partial charge < -0.3 is 19.6 Å². The monoisotopic (exact) mass is 414 g/mol. The van der Waals surface area contributed by atoms with Gasteiger partial charge in [0.15, 0.2) is 5.76 Å². The Hall–Kier alpha value is -2.64. The van der Waals surface area contributed by atoms with Crippen LogP contribution in [0.25, 0.3) is 0 Å². The number of aliphatic hydroxyl groups excluding tert-OH is 1. The number of thiophene rings is 1. The van der Waals surface area contributed by atoms with Gasteiger partial charge in [0.05, 0.1) is 23.1 Å². The molecule has 1 aliphatic rings. The molecule has 7 heteroatoms. The van der Waals surface area contributed by atoms with Crippen molar-refractivity contribution in [3.63, 3.8) is 0 Å². The number of benzene rings is 1. The number of carbonyl (C=O) groups excluding carboxylic acids is 2. The van der Waals surface area contributed by atoms with E-state index in [-0.39, 0.29) is 11.4 Å². The molecule has 3 rings (SSSR count). The Balaban J connectivity index is 1.98. The number of ether oxygens (including phenoxy) is 1. The summed E-state index contributed by atoms with van der Waals surface area (Å²) in [6.45, 7) is 3.68. The lowest BCUT2D eigenvalue weighted by Gasteiger charge is -2.28. The van der Waals surface area contributed by atoms with E-state index in [9.17, 15) is 14.7 Å². The molecule has 6 nitrogen and oxygen atoms in total. The minimum absolute atomic E-state index is 0.137. The van der Waals surface area contributed by atoms with Crippen molar-refractivity contribution in [3.05, 3.63) is 63.6 Å². The lowest BCUT2D eigenvalue weighted by molar-refractivity contribution is -0.129. The predicted octanol–water partition coefficient (Wildman–Crippen LogP) is 3.68. The predicted molar refractivity (Wildman–Crippen MR) is 114 cm³/mol. The van der Waals surface area contributed by atoms with Crippen LogP contribution < -0.4 is 4.74 Å². The number of rotatable bonds is 9. The van der Waals surface area contributed by atoms with E-state index in [4.69, 9.17) is 4.74 Å². The van der Waals surface area contributed by atoms with E-state index in [0.29, 0.717) is 24.6 Å². The van der Waals surface area contributed by atoms with Crippen molar-refractivity contribution in [2.45, 2.75) is 19.4 Å². The number of likely N-dealkylation sites (N-methyl/N-ethyl adjacent to an activating group) is 1. The lowest BCUT2D eigenvalue weighted by atomic mass is 9.95. The van der Waals surface area contributed by atoms with Gasteiger partial charge in [-0.25, -0.2) is 0 Å². The number of Topliss-reactive ketones (excluding diaryl/α,β-unsaturated/α-hetero) is 1. The average Bonchev–Trinajstić information content (AvgIpc) is 3.33. The van der Waals surface area contributed by atoms with Crippen molar-refractivity contribution in [2.75, 3.05) is 33.8 Å². The third-order valence-electron chi connectivity index (χ3n) is 4.75. The molecule has 0 saturated heterocycles. The molecule has 0 spiro atoms. The van der Waals surface area contributed by atoms with Crippen molar-refractivity contribution < 1.29 is 19.4 Å². The highest BCUT2D eigenvalue weighted by Gasteiger charge is 2.43. The van der Waals surface area contributed by atoms with Crippen molar-refractivity contribution in [3.8, 4) is 5.75 Å². The fourth-order valence-electron chi connectivity index (χ4n) is 3.28. The third kappa shape index (κ3) is 4.52. The van der Waals surface area contributed by atoms with Crippen LogP contribution in [-0.4, -0.2) is 60.4 Å². The summed E-state index contributed by atoms with van der Waals surface area (Å²) in [6.07, 6.45) is 0.910.